The molecule has 6 heteroatoms. The van der Waals surface area contributed by atoms with Gasteiger partial charge in [-0.1, -0.05) is 30.3 Å². The van der Waals surface area contributed by atoms with Crippen LogP contribution in [0.15, 0.2) is 30.3 Å². The van der Waals surface area contributed by atoms with Crippen LogP contribution in [-0.2, 0) is 29.2 Å². The largest absolute Gasteiger partial charge is 0.345 e. The maximum Gasteiger partial charge on any atom is 0.305 e. The van der Waals surface area contributed by atoms with E-state index in [1.165, 1.54) is 0 Å². The molecule has 0 radical (unpaired) electrons. The molecule has 1 aromatic rings. The van der Waals surface area contributed by atoms with E-state index >= 15 is 0 Å². The highest BCUT2D eigenvalue weighted by Crippen LogP contribution is 2.37. The van der Waals surface area contributed by atoms with Crippen LogP contribution >= 0.6 is 0 Å². The number of fused-ring (bicyclic) bond motifs is 1. The van der Waals surface area contributed by atoms with Crippen molar-refractivity contribution in [3.8, 4) is 0 Å². The van der Waals surface area contributed by atoms with Gasteiger partial charge in [-0.05, 0) is 6.92 Å². The van der Waals surface area contributed by atoms with E-state index in [1.54, 1.807) is 0 Å². The molecule has 0 spiro atoms. The van der Waals surface area contributed by atoms with E-state index in [1.807, 2.05) is 37.3 Å². The van der Waals surface area contributed by atoms with Crippen LogP contribution < -0.4 is 0 Å². The topological polar surface area (TPSA) is 54.0 Å². The van der Waals surface area contributed by atoms with E-state index in [0.717, 1.165) is 5.56 Å². The molecule has 2 aliphatic rings. The third-order valence-corrected chi connectivity index (χ3v) is 3.86. The van der Waals surface area contributed by atoms with Crippen LogP contribution in [0.2, 0.25) is 0 Å². The molecule has 0 aliphatic carbocycles. The van der Waals surface area contributed by atoms with Gasteiger partial charge in [0.2, 0.25) is 0 Å². The Kier molecular flexibility index (Phi) is 3.21. The zero-order valence-corrected chi connectivity index (χ0v) is 10.7. The van der Waals surface area contributed by atoms with Gasteiger partial charge in [-0.2, -0.15) is 4.21 Å². The van der Waals surface area contributed by atoms with Crippen molar-refractivity contribution in [3.63, 3.8) is 0 Å². The Morgan fingerprint density at radius 2 is 2.11 bits per heavy atom. The molecule has 2 heterocycles. The highest BCUT2D eigenvalue weighted by molar-refractivity contribution is 7.75. The van der Waals surface area contributed by atoms with Crippen molar-refractivity contribution >= 4 is 11.4 Å². The third kappa shape index (κ3) is 2.22. The van der Waals surface area contributed by atoms with Crippen molar-refractivity contribution in [3.05, 3.63) is 35.9 Å². The van der Waals surface area contributed by atoms with Crippen molar-refractivity contribution in [2.45, 2.75) is 24.9 Å². The molecule has 98 valence electrons. The Morgan fingerprint density at radius 3 is 2.89 bits per heavy atom. The van der Waals surface area contributed by atoms with E-state index in [9.17, 15) is 4.21 Å². The van der Waals surface area contributed by atoms with E-state index in [0.29, 0.717) is 6.61 Å². The lowest BCUT2D eigenvalue weighted by atomic mass is 9.99. The molecule has 0 saturated carbocycles. The summed E-state index contributed by atoms with van der Waals surface area (Å²) in [6.45, 7) is 2.45. The maximum atomic E-state index is 11.2. The number of rotatable bonds is 1. The highest BCUT2D eigenvalue weighted by atomic mass is 32.2. The van der Waals surface area contributed by atoms with E-state index in [-0.39, 0.29) is 12.7 Å². The zero-order chi connectivity index (χ0) is 12.6. The SMILES string of the molecule is C[C@]12CO[S@@](=O)O[C@H]1COC(c1ccccc1)O2. The first kappa shape index (κ1) is 12.3. The molecule has 0 aromatic heterocycles. The van der Waals surface area contributed by atoms with Crippen LogP contribution in [-0.4, -0.2) is 29.1 Å². The van der Waals surface area contributed by atoms with Crippen LogP contribution in [0.25, 0.3) is 0 Å². The zero-order valence-electron chi connectivity index (χ0n) is 9.91. The van der Waals surface area contributed by atoms with Gasteiger partial charge < -0.3 is 9.47 Å². The molecule has 1 aromatic carbocycles. The van der Waals surface area contributed by atoms with Crippen molar-refractivity contribution in [2.75, 3.05) is 13.2 Å². The van der Waals surface area contributed by atoms with Gasteiger partial charge in [-0.3, -0.25) is 8.37 Å². The summed E-state index contributed by atoms with van der Waals surface area (Å²) in [5.41, 5.74) is 0.316. The van der Waals surface area contributed by atoms with Crippen molar-refractivity contribution in [1.29, 1.82) is 0 Å². The lowest BCUT2D eigenvalue weighted by Crippen LogP contribution is -2.57. The predicted octanol–water partition coefficient (Wildman–Crippen LogP) is 1.48. The normalized spacial score (nSPS) is 40.2. The number of hydrogen-bond donors (Lipinski definition) is 0. The molecule has 4 atom stereocenters. The molecule has 3 rings (SSSR count). The number of hydrogen-bond acceptors (Lipinski definition) is 5. The summed E-state index contributed by atoms with van der Waals surface area (Å²) in [6, 6.07) is 9.68. The van der Waals surface area contributed by atoms with Gasteiger partial charge in [0, 0.05) is 5.56 Å². The first-order valence-corrected chi connectivity index (χ1v) is 6.74. The Morgan fingerprint density at radius 1 is 1.33 bits per heavy atom. The molecule has 0 amide bonds. The lowest BCUT2D eigenvalue weighted by molar-refractivity contribution is -0.304. The minimum atomic E-state index is -1.70. The first-order valence-electron chi connectivity index (χ1n) is 5.74. The molecule has 5 nitrogen and oxygen atoms in total. The van der Waals surface area contributed by atoms with Gasteiger partial charge in [0.1, 0.15) is 11.7 Å². The quantitative estimate of drug-likeness (QED) is 0.773. The van der Waals surface area contributed by atoms with Crippen LogP contribution in [0.4, 0.5) is 0 Å². The van der Waals surface area contributed by atoms with E-state index in [4.69, 9.17) is 17.8 Å². The van der Waals surface area contributed by atoms with Crippen LogP contribution in [0, 0.1) is 0 Å². The molecule has 18 heavy (non-hydrogen) atoms. The summed E-state index contributed by atoms with van der Waals surface area (Å²) in [6.07, 6.45) is -0.807. The van der Waals surface area contributed by atoms with Crippen LogP contribution in [0.1, 0.15) is 18.8 Å². The predicted molar refractivity (Wildman–Crippen MR) is 63.6 cm³/mol. The van der Waals surface area contributed by atoms with Gasteiger partial charge in [-0.25, -0.2) is 0 Å². The molecule has 2 fully saturated rings. The standard InChI is InChI=1S/C12H14O5S/c1-12-8-15-18(13)17-10(12)7-14-11(16-12)9-5-3-2-4-6-9/h2-6,10-11H,7-8H2,1H3/t10-,11?,12-,18+/m0/s1. The number of ether oxygens (including phenoxy) is 2. The fourth-order valence-corrected chi connectivity index (χ4v) is 2.86. The van der Waals surface area contributed by atoms with Crippen molar-refractivity contribution in [2.24, 2.45) is 0 Å². The minimum absolute atomic E-state index is 0.233. The smallest absolute Gasteiger partial charge is 0.305 e. The van der Waals surface area contributed by atoms with Gasteiger partial charge >= 0.3 is 11.4 Å². The lowest BCUT2D eigenvalue weighted by Gasteiger charge is -2.45. The summed E-state index contributed by atoms with van der Waals surface area (Å²) in [7, 11) is 0. The Bertz CT molecular complexity index is 451. The Balaban J connectivity index is 1.78. The second kappa shape index (κ2) is 4.71. The molecular formula is C12H14O5S. The summed E-state index contributed by atoms with van der Waals surface area (Å²) < 4.78 is 32.9. The fourth-order valence-electron chi connectivity index (χ4n) is 2.02. The van der Waals surface area contributed by atoms with Gasteiger partial charge in [-0.15, -0.1) is 0 Å². The molecule has 2 saturated heterocycles. The van der Waals surface area contributed by atoms with Crippen LogP contribution in [0.3, 0.4) is 0 Å². The average Bonchev–Trinajstić information content (AvgIpc) is 2.40. The van der Waals surface area contributed by atoms with Crippen LogP contribution in [0.5, 0.6) is 0 Å². The van der Waals surface area contributed by atoms with Gasteiger partial charge in [0.05, 0.1) is 13.2 Å². The average molecular weight is 270 g/mol. The van der Waals surface area contributed by atoms with E-state index < -0.39 is 23.3 Å². The van der Waals surface area contributed by atoms with Crippen molar-refractivity contribution in [1.82, 2.24) is 0 Å². The van der Waals surface area contributed by atoms with Crippen molar-refractivity contribution < 1.29 is 22.0 Å². The molecule has 2 aliphatic heterocycles. The summed E-state index contributed by atoms with van der Waals surface area (Å²) in [4.78, 5) is 0. The summed E-state index contributed by atoms with van der Waals surface area (Å²) >= 11 is -1.70. The van der Waals surface area contributed by atoms with E-state index in [2.05, 4.69) is 0 Å². The summed E-state index contributed by atoms with van der Waals surface area (Å²) in [5.74, 6) is 0. The maximum absolute atomic E-state index is 11.2. The molecule has 0 N–H and O–H groups in total. The fraction of sp³-hybridized carbons (Fsp3) is 0.500. The Labute approximate surface area is 108 Å². The Hall–Kier alpha value is -0.790. The first-order chi connectivity index (χ1) is 8.67. The highest BCUT2D eigenvalue weighted by Gasteiger charge is 2.48. The molecular weight excluding hydrogens is 256 g/mol. The number of benzene rings is 1. The molecule has 1 unspecified atom stereocenters. The second-order valence-corrected chi connectivity index (χ2v) is 5.39. The second-order valence-electron chi connectivity index (χ2n) is 4.56. The minimum Gasteiger partial charge on any atom is -0.345 e. The third-order valence-electron chi connectivity index (χ3n) is 3.16. The van der Waals surface area contributed by atoms with Gasteiger partial charge in [0.25, 0.3) is 0 Å². The molecule has 0 bridgehead atoms. The summed E-state index contributed by atoms with van der Waals surface area (Å²) in [5, 5.41) is 0. The monoisotopic (exact) mass is 270 g/mol. The van der Waals surface area contributed by atoms with Gasteiger partial charge in [0.15, 0.2) is 6.29 Å².